The fraction of sp³-hybridized carbons (Fsp3) is 0.143. The summed E-state index contributed by atoms with van der Waals surface area (Å²) in [4.78, 5) is 4.42. The fourth-order valence-corrected chi connectivity index (χ4v) is 2.01. The molecule has 0 unspecified atom stereocenters. The zero-order chi connectivity index (χ0) is 12.4. The number of rotatable bonds is 3. The number of pyridine rings is 1. The summed E-state index contributed by atoms with van der Waals surface area (Å²) in [5.41, 5.74) is 3.21. The van der Waals surface area contributed by atoms with E-state index in [4.69, 9.17) is 0 Å². The zero-order valence-corrected chi connectivity index (χ0v) is 10.2. The van der Waals surface area contributed by atoms with Crippen molar-refractivity contribution in [3.8, 4) is 0 Å². The number of benzene rings is 1. The molecule has 3 aromatic rings. The maximum atomic E-state index is 4.42. The number of nitrogens with zero attached hydrogens (tertiary/aromatic N) is 3. The van der Waals surface area contributed by atoms with Crippen LogP contribution in [0.4, 0.5) is 5.69 Å². The predicted octanol–water partition coefficient (Wildman–Crippen LogP) is 2.58. The second-order valence-corrected chi connectivity index (χ2v) is 4.26. The van der Waals surface area contributed by atoms with Crippen molar-refractivity contribution in [3.63, 3.8) is 0 Å². The van der Waals surface area contributed by atoms with Gasteiger partial charge in [-0.25, -0.2) is 0 Å². The highest BCUT2D eigenvalue weighted by molar-refractivity contribution is 5.90. The second kappa shape index (κ2) is 4.49. The van der Waals surface area contributed by atoms with Gasteiger partial charge in [-0.2, -0.15) is 5.10 Å². The van der Waals surface area contributed by atoms with Gasteiger partial charge < -0.3 is 5.32 Å². The van der Waals surface area contributed by atoms with Crippen LogP contribution in [0.5, 0.6) is 0 Å². The average Bonchev–Trinajstić information content (AvgIpc) is 2.82. The van der Waals surface area contributed by atoms with Crippen LogP contribution < -0.4 is 5.32 Å². The molecule has 1 aromatic carbocycles. The van der Waals surface area contributed by atoms with E-state index in [9.17, 15) is 0 Å². The lowest BCUT2D eigenvalue weighted by Gasteiger charge is -2.07. The Morgan fingerprint density at radius 1 is 1.22 bits per heavy atom. The number of hydrogen-bond acceptors (Lipinski definition) is 3. The Morgan fingerprint density at radius 2 is 2.11 bits per heavy atom. The van der Waals surface area contributed by atoms with E-state index in [1.54, 1.807) is 4.68 Å². The first-order valence-electron chi connectivity index (χ1n) is 5.88. The maximum absolute atomic E-state index is 4.42. The predicted molar refractivity (Wildman–Crippen MR) is 72.3 cm³/mol. The van der Waals surface area contributed by atoms with Gasteiger partial charge in [-0.05, 0) is 12.1 Å². The number of anilines is 1. The highest BCUT2D eigenvalue weighted by atomic mass is 15.2. The van der Waals surface area contributed by atoms with Crippen molar-refractivity contribution < 1.29 is 0 Å². The summed E-state index contributed by atoms with van der Waals surface area (Å²) in [6.45, 7) is 0.753. The lowest BCUT2D eigenvalue weighted by atomic mass is 10.2. The molecule has 0 spiro atoms. The van der Waals surface area contributed by atoms with Crippen molar-refractivity contribution in [1.29, 1.82) is 0 Å². The summed E-state index contributed by atoms with van der Waals surface area (Å²) in [5, 5.41) is 8.70. The minimum Gasteiger partial charge on any atom is -0.379 e. The summed E-state index contributed by atoms with van der Waals surface area (Å²) in [7, 11) is 1.92. The van der Waals surface area contributed by atoms with Gasteiger partial charge in [0.15, 0.2) is 0 Å². The Kier molecular flexibility index (Phi) is 2.68. The van der Waals surface area contributed by atoms with E-state index >= 15 is 0 Å². The largest absolute Gasteiger partial charge is 0.379 e. The van der Waals surface area contributed by atoms with Crippen molar-refractivity contribution >= 4 is 16.6 Å². The van der Waals surface area contributed by atoms with Gasteiger partial charge in [0.05, 0.1) is 17.4 Å². The number of hydrogen-bond donors (Lipinski definition) is 1. The van der Waals surface area contributed by atoms with Crippen LogP contribution in [0.3, 0.4) is 0 Å². The van der Waals surface area contributed by atoms with Crippen LogP contribution in [0, 0.1) is 0 Å². The highest BCUT2D eigenvalue weighted by Gasteiger charge is 2.01. The lowest BCUT2D eigenvalue weighted by Crippen LogP contribution is -1.99. The molecule has 18 heavy (non-hydrogen) atoms. The van der Waals surface area contributed by atoms with Crippen molar-refractivity contribution in [2.24, 2.45) is 7.05 Å². The Morgan fingerprint density at radius 3 is 2.94 bits per heavy atom. The van der Waals surface area contributed by atoms with Gasteiger partial charge in [0.2, 0.25) is 0 Å². The molecule has 0 saturated carbocycles. The molecule has 2 heterocycles. The molecule has 1 N–H and O–H groups in total. The fourth-order valence-electron chi connectivity index (χ4n) is 2.01. The van der Waals surface area contributed by atoms with Crippen LogP contribution in [-0.2, 0) is 13.6 Å². The molecule has 0 amide bonds. The third kappa shape index (κ3) is 2.05. The van der Waals surface area contributed by atoms with E-state index in [0.717, 1.165) is 28.7 Å². The minimum atomic E-state index is 0.753. The maximum Gasteiger partial charge on any atom is 0.0933 e. The molecule has 0 radical (unpaired) electrons. The molecule has 0 aliphatic rings. The molecule has 2 aromatic heterocycles. The Labute approximate surface area is 105 Å². The first kappa shape index (κ1) is 10.8. The van der Waals surface area contributed by atoms with Gasteiger partial charge in [0, 0.05) is 36.9 Å². The zero-order valence-electron chi connectivity index (χ0n) is 10.2. The van der Waals surface area contributed by atoms with E-state index in [0.29, 0.717) is 0 Å². The molecule has 0 atom stereocenters. The molecule has 0 aliphatic carbocycles. The molecule has 0 fully saturated rings. The first-order valence-corrected chi connectivity index (χ1v) is 5.88. The highest BCUT2D eigenvalue weighted by Crippen LogP contribution is 2.21. The van der Waals surface area contributed by atoms with Crippen LogP contribution in [0.15, 0.2) is 48.9 Å². The van der Waals surface area contributed by atoms with Crippen LogP contribution in [0.2, 0.25) is 0 Å². The third-order valence-corrected chi connectivity index (χ3v) is 2.87. The summed E-state index contributed by atoms with van der Waals surface area (Å²) in [5.74, 6) is 0. The molecule has 90 valence electrons. The first-order chi connectivity index (χ1) is 8.83. The molecular formula is C14H14N4. The minimum absolute atomic E-state index is 0.753. The normalized spacial score (nSPS) is 10.7. The van der Waals surface area contributed by atoms with Crippen LogP contribution in [0.25, 0.3) is 10.9 Å². The summed E-state index contributed by atoms with van der Waals surface area (Å²) >= 11 is 0. The van der Waals surface area contributed by atoms with E-state index < -0.39 is 0 Å². The Bertz CT molecular complexity index is 667. The molecule has 0 aliphatic heterocycles. The van der Waals surface area contributed by atoms with Gasteiger partial charge in [-0.3, -0.25) is 9.67 Å². The number of aryl methyl sites for hydroxylation is 1. The summed E-state index contributed by atoms with van der Waals surface area (Å²) in [6.07, 6.45) is 5.69. The molecule has 3 rings (SSSR count). The van der Waals surface area contributed by atoms with Gasteiger partial charge >= 0.3 is 0 Å². The van der Waals surface area contributed by atoms with Gasteiger partial charge in [-0.15, -0.1) is 0 Å². The standard InChI is InChI=1S/C14H14N4/c1-18-10-11(9-17-18)8-16-13-6-2-4-12-5-3-7-15-14(12)13/h2-7,9-10,16H,8H2,1H3. The van der Waals surface area contributed by atoms with Gasteiger partial charge in [0.1, 0.15) is 0 Å². The van der Waals surface area contributed by atoms with Gasteiger partial charge in [-0.1, -0.05) is 18.2 Å². The quantitative estimate of drug-likeness (QED) is 0.762. The third-order valence-electron chi connectivity index (χ3n) is 2.87. The summed E-state index contributed by atoms with van der Waals surface area (Å²) in [6, 6.07) is 10.2. The lowest BCUT2D eigenvalue weighted by molar-refractivity contribution is 0.767. The molecule has 0 saturated heterocycles. The topological polar surface area (TPSA) is 42.7 Å². The Hall–Kier alpha value is -2.36. The van der Waals surface area contributed by atoms with Crippen LogP contribution >= 0.6 is 0 Å². The van der Waals surface area contributed by atoms with E-state index in [-0.39, 0.29) is 0 Å². The Balaban J connectivity index is 1.86. The van der Waals surface area contributed by atoms with Crippen LogP contribution in [-0.4, -0.2) is 14.8 Å². The van der Waals surface area contributed by atoms with E-state index in [2.05, 4.69) is 27.5 Å². The second-order valence-electron chi connectivity index (χ2n) is 4.26. The van der Waals surface area contributed by atoms with Gasteiger partial charge in [0.25, 0.3) is 0 Å². The number of aromatic nitrogens is 3. The van der Waals surface area contributed by atoms with Crippen LogP contribution in [0.1, 0.15) is 5.56 Å². The monoisotopic (exact) mass is 238 g/mol. The van der Waals surface area contributed by atoms with Crippen molar-refractivity contribution in [3.05, 3.63) is 54.5 Å². The van der Waals surface area contributed by atoms with Crippen molar-refractivity contribution in [2.75, 3.05) is 5.32 Å². The molecule has 0 bridgehead atoms. The smallest absolute Gasteiger partial charge is 0.0933 e. The van der Waals surface area contributed by atoms with Crippen molar-refractivity contribution in [1.82, 2.24) is 14.8 Å². The number of nitrogens with one attached hydrogen (secondary N) is 1. The number of fused-ring (bicyclic) bond motifs is 1. The number of para-hydroxylation sites is 1. The average molecular weight is 238 g/mol. The van der Waals surface area contributed by atoms with Crippen molar-refractivity contribution in [2.45, 2.75) is 6.54 Å². The summed E-state index contributed by atoms with van der Waals surface area (Å²) < 4.78 is 1.80. The molecule has 4 nitrogen and oxygen atoms in total. The van der Waals surface area contributed by atoms with E-state index in [1.807, 2.05) is 43.8 Å². The van der Waals surface area contributed by atoms with E-state index in [1.165, 1.54) is 0 Å². The molecular weight excluding hydrogens is 224 g/mol. The SMILES string of the molecule is Cn1cc(CNc2cccc3cccnc23)cn1. The molecule has 4 heteroatoms.